The summed E-state index contributed by atoms with van der Waals surface area (Å²) in [4.78, 5) is 0. The Balaban J connectivity index is 2.59. The molecule has 1 heterocycles. The number of hydrogen-bond acceptors (Lipinski definition) is 2. The van der Waals surface area contributed by atoms with E-state index in [0.717, 1.165) is 6.61 Å². The van der Waals surface area contributed by atoms with Crippen molar-refractivity contribution >= 4 is 10.9 Å². The van der Waals surface area contributed by atoms with Crippen LogP contribution in [0.2, 0.25) is 0 Å². The maximum Gasteiger partial charge on any atom is 0.0868 e. The summed E-state index contributed by atoms with van der Waals surface area (Å²) in [5.74, 6) is 0. The van der Waals surface area contributed by atoms with E-state index in [0.29, 0.717) is 19.2 Å². The van der Waals surface area contributed by atoms with Crippen LogP contribution in [0, 0.1) is 0 Å². The lowest BCUT2D eigenvalue weighted by molar-refractivity contribution is 0.128. The summed E-state index contributed by atoms with van der Waals surface area (Å²) >= 11 is 0. The SMILES string of the molecule is CCOCc1cc2c(CN)cccc2n1C(C)C. The van der Waals surface area contributed by atoms with E-state index in [9.17, 15) is 0 Å². The minimum absolute atomic E-state index is 0.422. The van der Waals surface area contributed by atoms with Crippen molar-refractivity contribution in [2.24, 2.45) is 5.73 Å². The van der Waals surface area contributed by atoms with Gasteiger partial charge < -0.3 is 15.0 Å². The Morgan fingerprint density at radius 3 is 2.72 bits per heavy atom. The van der Waals surface area contributed by atoms with Gasteiger partial charge in [-0.1, -0.05) is 12.1 Å². The van der Waals surface area contributed by atoms with E-state index >= 15 is 0 Å². The van der Waals surface area contributed by atoms with Gasteiger partial charge in [-0.3, -0.25) is 0 Å². The van der Waals surface area contributed by atoms with Gasteiger partial charge in [-0.05, 0) is 38.5 Å². The average molecular weight is 246 g/mol. The average Bonchev–Trinajstić information content (AvgIpc) is 2.74. The van der Waals surface area contributed by atoms with Gasteiger partial charge in [0, 0.05) is 35.8 Å². The first kappa shape index (κ1) is 13.1. The fourth-order valence-electron chi connectivity index (χ4n) is 2.47. The van der Waals surface area contributed by atoms with Crippen molar-refractivity contribution in [2.75, 3.05) is 6.61 Å². The highest BCUT2D eigenvalue weighted by atomic mass is 16.5. The summed E-state index contributed by atoms with van der Waals surface area (Å²) in [6.07, 6.45) is 0. The van der Waals surface area contributed by atoms with Crippen LogP contribution in [0.4, 0.5) is 0 Å². The number of hydrogen-bond donors (Lipinski definition) is 1. The summed E-state index contributed by atoms with van der Waals surface area (Å²) in [6, 6.07) is 8.97. The molecule has 0 saturated carbocycles. The lowest BCUT2D eigenvalue weighted by Crippen LogP contribution is -2.06. The van der Waals surface area contributed by atoms with E-state index in [2.05, 4.69) is 42.7 Å². The van der Waals surface area contributed by atoms with E-state index in [1.54, 1.807) is 0 Å². The Bertz CT molecular complexity index is 529. The number of nitrogens with two attached hydrogens (primary N) is 1. The van der Waals surface area contributed by atoms with Gasteiger partial charge in [0.1, 0.15) is 0 Å². The maximum absolute atomic E-state index is 5.81. The fourth-order valence-corrected chi connectivity index (χ4v) is 2.47. The van der Waals surface area contributed by atoms with E-state index in [4.69, 9.17) is 10.5 Å². The third-order valence-electron chi connectivity index (χ3n) is 3.24. The zero-order valence-corrected chi connectivity index (χ0v) is 11.4. The van der Waals surface area contributed by atoms with Gasteiger partial charge in [-0.2, -0.15) is 0 Å². The molecule has 3 nitrogen and oxygen atoms in total. The Labute approximate surface area is 109 Å². The van der Waals surface area contributed by atoms with Gasteiger partial charge in [-0.25, -0.2) is 0 Å². The van der Waals surface area contributed by atoms with Gasteiger partial charge in [0.05, 0.1) is 6.61 Å². The Morgan fingerprint density at radius 1 is 1.33 bits per heavy atom. The van der Waals surface area contributed by atoms with Crippen molar-refractivity contribution in [3.63, 3.8) is 0 Å². The third-order valence-corrected chi connectivity index (χ3v) is 3.24. The molecule has 1 aromatic heterocycles. The topological polar surface area (TPSA) is 40.2 Å². The molecule has 0 aliphatic rings. The predicted octanol–water partition coefficient (Wildman–Crippen LogP) is 3.22. The number of rotatable bonds is 5. The van der Waals surface area contributed by atoms with Crippen LogP contribution >= 0.6 is 0 Å². The maximum atomic E-state index is 5.81. The van der Waals surface area contributed by atoms with Crippen molar-refractivity contribution < 1.29 is 4.74 Å². The molecule has 2 aromatic rings. The van der Waals surface area contributed by atoms with Crippen LogP contribution < -0.4 is 5.73 Å². The van der Waals surface area contributed by atoms with Crippen LogP contribution in [0.3, 0.4) is 0 Å². The molecule has 0 bridgehead atoms. The van der Waals surface area contributed by atoms with Crippen LogP contribution in [0.25, 0.3) is 10.9 Å². The Kier molecular flexibility index (Phi) is 4.04. The second-order valence-electron chi connectivity index (χ2n) is 4.79. The number of fused-ring (bicyclic) bond motifs is 1. The van der Waals surface area contributed by atoms with Gasteiger partial charge in [0.15, 0.2) is 0 Å². The van der Waals surface area contributed by atoms with Gasteiger partial charge in [0.2, 0.25) is 0 Å². The highest BCUT2D eigenvalue weighted by Gasteiger charge is 2.13. The highest BCUT2D eigenvalue weighted by Crippen LogP contribution is 2.27. The molecule has 2 rings (SSSR count). The number of nitrogens with zero attached hydrogens (tertiary/aromatic N) is 1. The normalized spacial score (nSPS) is 11.6. The zero-order chi connectivity index (χ0) is 13.1. The van der Waals surface area contributed by atoms with E-state index in [-0.39, 0.29) is 0 Å². The van der Waals surface area contributed by atoms with E-state index in [1.807, 2.05) is 6.92 Å². The summed E-state index contributed by atoms with van der Waals surface area (Å²) in [6.45, 7) is 8.39. The summed E-state index contributed by atoms with van der Waals surface area (Å²) < 4.78 is 7.90. The molecule has 0 radical (unpaired) electrons. The van der Waals surface area contributed by atoms with Crippen molar-refractivity contribution in [3.8, 4) is 0 Å². The molecule has 1 aromatic carbocycles. The second kappa shape index (κ2) is 5.55. The van der Waals surface area contributed by atoms with Gasteiger partial charge in [0.25, 0.3) is 0 Å². The predicted molar refractivity (Wildman–Crippen MR) is 75.5 cm³/mol. The van der Waals surface area contributed by atoms with Crippen molar-refractivity contribution in [1.82, 2.24) is 4.57 Å². The monoisotopic (exact) mass is 246 g/mol. The van der Waals surface area contributed by atoms with Crippen molar-refractivity contribution in [1.29, 1.82) is 0 Å². The lowest BCUT2D eigenvalue weighted by atomic mass is 10.1. The Hall–Kier alpha value is -1.32. The van der Waals surface area contributed by atoms with Crippen molar-refractivity contribution in [2.45, 2.75) is 40.0 Å². The standard InChI is InChI=1S/C15H22N2O/c1-4-18-10-13-8-14-12(9-16)6-5-7-15(14)17(13)11(2)3/h5-8,11H,4,9-10,16H2,1-3H3. The molecule has 3 heteroatoms. The lowest BCUT2D eigenvalue weighted by Gasteiger charge is -2.14. The highest BCUT2D eigenvalue weighted by molar-refractivity contribution is 5.85. The van der Waals surface area contributed by atoms with Crippen molar-refractivity contribution in [3.05, 3.63) is 35.5 Å². The molecule has 0 fully saturated rings. The third kappa shape index (κ3) is 2.28. The first-order valence-electron chi connectivity index (χ1n) is 6.58. The van der Waals surface area contributed by atoms with Crippen LogP contribution in [0.1, 0.15) is 38.1 Å². The molecule has 0 spiro atoms. The molecule has 0 aliphatic carbocycles. The molecule has 0 saturated heterocycles. The van der Waals surface area contributed by atoms with Crippen LogP contribution in [-0.4, -0.2) is 11.2 Å². The van der Waals surface area contributed by atoms with Gasteiger partial charge >= 0.3 is 0 Å². The van der Waals surface area contributed by atoms with E-state index in [1.165, 1.54) is 22.2 Å². The van der Waals surface area contributed by atoms with Gasteiger partial charge in [-0.15, -0.1) is 0 Å². The summed E-state index contributed by atoms with van der Waals surface area (Å²) in [5.41, 5.74) is 9.49. The minimum atomic E-state index is 0.422. The van der Waals surface area contributed by atoms with E-state index < -0.39 is 0 Å². The molecule has 0 unspecified atom stereocenters. The number of ether oxygens (including phenoxy) is 1. The molecular weight excluding hydrogens is 224 g/mol. The number of benzene rings is 1. The van der Waals surface area contributed by atoms with Crippen LogP contribution in [0.15, 0.2) is 24.3 Å². The molecule has 0 aliphatic heterocycles. The van der Waals surface area contributed by atoms with Crippen LogP contribution in [-0.2, 0) is 17.9 Å². The zero-order valence-electron chi connectivity index (χ0n) is 11.4. The quantitative estimate of drug-likeness (QED) is 0.880. The molecule has 0 atom stereocenters. The second-order valence-corrected chi connectivity index (χ2v) is 4.79. The first-order valence-corrected chi connectivity index (χ1v) is 6.58. The molecule has 2 N–H and O–H groups in total. The molecule has 0 amide bonds. The molecular formula is C15H22N2O. The molecule has 98 valence electrons. The summed E-state index contributed by atoms with van der Waals surface area (Å²) in [5, 5.41) is 1.25. The fraction of sp³-hybridized carbons (Fsp3) is 0.467. The summed E-state index contributed by atoms with van der Waals surface area (Å²) in [7, 11) is 0. The number of aromatic nitrogens is 1. The molecule has 18 heavy (non-hydrogen) atoms. The van der Waals surface area contributed by atoms with Crippen LogP contribution in [0.5, 0.6) is 0 Å². The largest absolute Gasteiger partial charge is 0.376 e. The smallest absolute Gasteiger partial charge is 0.0868 e. The minimum Gasteiger partial charge on any atom is -0.376 e. The Morgan fingerprint density at radius 2 is 2.11 bits per heavy atom. The first-order chi connectivity index (χ1) is 8.69.